The van der Waals surface area contributed by atoms with E-state index in [1.807, 2.05) is 31.4 Å². The van der Waals surface area contributed by atoms with Crippen molar-refractivity contribution in [1.29, 1.82) is 0 Å². The van der Waals surface area contributed by atoms with Gasteiger partial charge in [-0.1, -0.05) is 5.16 Å². The largest absolute Gasteiger partial charge is 0.486 e. The van der Waals surface area contributed by atoms with Gasteiger partial charge in [-0.25, -0.2) is 4.98 Å². The molecule has 0 bridgehead atoms. The molecular formula is C30H44N8O10S2. The minimum Gasteiger partial charge on any atom is -0.486 e. The molecule has 2 aromatic rings. The summed E-state index contributed by atoms with van der Waals surface area (Å²) >= 11 is -1.16. The number of amides is 2. The molecule has 0 spiro atoms. The van der Waals surface area contributed by atoms with Crippen LogP contribution in [0.4, 0.5) is 5.13 Å². The van der Waals surface area contributed by atoms with E-state index in [0.29, 0.717) is 42.3 Å². The standard InChI is InChI=1S/C23H32N6O3S.C6H10N2O5S.CH2O2/c1-14(19-13-33-23(25)28-19)29-32-15(2)20-5-3-16-11-17(4-6-21(16)31-20)22(24)27-9-10-30-18-7-8-26-12-18;1-6(2)4(7-3-9)5(10)8(6)13-14(11)12;2-1-3/h4,6,11,13,15,18,20,26H,3,5,7-10,12H2,1-2H3,(H2,24,27)(H2,25,28);3-4H,1-2H3,(H,7,9)(H,11,12);1H,(H,2,3)/b29-14+;;. The van der Waals surface area contributed by atoms with Gasteiger partial charge in [0, 0.05) is 17.5 Å². The maximum Gasteiger partial charge on any atom is 0.325 e. The molecule has 0 radical (unpaired) electrons. The third-order valence-corrected chi connectivity index (χ3v) is 8.85. The molecule has 2 fully saturated rings. The molecule has 1 aromatic carbocycles. The third-order valence-electron chi connectivity index (χ3n) is 7.90. The number of nitrogens with zero attached hydrogens (tertiary/aromatic N) is 4. The molecule has 2 amide bonds. The van der Waals surface area contributed by atoms with Gasteiger partial charge in [0.05, 0.1) is 24.8 Å². The van der Waals surface area contributed by atoms with Crippen molar-refractivity contribution in [2.45, 2.75) is 76.9 Å². The summed E-state index contributed by atoms with van der Waals surface area (Å²) in [7, 11) is 0. The lowest BCUT2D eigenvalue weighted by molar-refractivity contribution is -0.216. The molecule has 4 heterocycles. The first-order valence-corrected chi connectivity index (χ1v) is 17.5. The molecule has 276 valence electrons. The Morgan fingerprint density at radius 1 is 1.36 bits per heavy atom. The number of carbonyl (C=O) groups excluding carboxylic acids is 2. The molecule has 3 aliphatic rings. The van der Waals surface area contributed by atoms with Crippen LogP contribution in [0.25, 0.3) is 0 Å². The fourth-order valence-electron chi connectivity index (χ4n) is 5.17. The zero-order valence-corrected chi connectivity index (χ0v) is 29.8. The lowest BCUT2D eigenvalue weighted by atomic mass is 9.85. The number of nitrogen functional groups attached to an aromatic ring is 1. The van der Waals surface area contributed by atoms with Crippen LogP contribution in [0.5, 0.6) is 5.75 Å². The summed E-state index contributed by atoms with van der Waals surface area (Å²) in [5, 5.41) is 19.8. The van der Waals surface area contributed by atoms with Crippen LogP contribution in [0.2, 0.25) is 0 Å². The van der Waals surface area contributed by atoms with E-state index in [9.17, 15) is 13.8 Å². The van der Waals surface area contributed by atoms with Crippen molar-refractivity contribution in [3.05, 3.63) is 40.4 Å². The summed E-state index contributed by atoms with van der Waals surface area (Å²) in [5.41, 5.74) is 14.5. The Balaban J connectivity index is 0.000000331. The normalized spacial score (nSPS) is 22.2. The van der Waals surface area contributed by atoms with Crippen LogP contribution in [0.1, 0.15) is 57.4 Å². The number of hydrogen-bond acceptors (Lipinski definition) is 14. The lowest BCUT2D eigenvalue weighted by Gasteiger charge is -2.50. The number of hydrogen-bond donors (Lipinski definition) is 6. The van der Waals surface area contributed by atoms with Gasteiger partial charge in [0.25, 0.3) is 12.4 Å². The minimum atomic E-state index is -2.54. The van der Waals surface area contributed by atoms with Gasteiger partial charge < -0.3 is 41.5 Å². The van der Waals surface area contributed by atoms with Gasteiger partial charge in [-0.15, -0.1) is 15.6 Å². The third kappa shape index (κ3) is 11.2. The molecule has 0 aliphatic carbocycles. The number of amidine groups is 1. The molecule has 50 heavy (non-hydrogen) atoms. The summed E-state index contributed by atoms with van der Waals surface area (Å²) in [6, 6.07) is 5.25. The number of aliphatic imine (C=N–C) groups is 1. The van der Waals surface area contributed by atoms with Gasteiger partial charge in [-0.2, -0.15) is 9.27 Å². The fourth-order valence-corrected chi connectivity index (χ4v) is 6.17. The second-order valence-corrected chi connectivity index (χ2v) is 13.2. The molecule has 2 saturated heterocycles. The number of nitrogens with one attached hydrogen (secondary N) is 2. The average molecular weight is 741 g/mol. The first-order chi connectivity index (χ1) is 23.8. The second-order valence-electron chi connectivity index (χ2n) is 11.7. The molecule has 5 atom stereocenters. The molecule has 5 unspecified atom stereocenters. The Hall–Kier alpha value is -4.21. The maximum atomic E-state index is 11.2. The minimum absolute atomic E-state index is 0.0892. The van der Waals surface area contributed by atoms with E-state index in [0.717, 1.165) is 60.0 Å². The molecule has 3 aliphatic heterocycles. The van der Waals surface area contributed by atoms with E-state index >= 15 is 0 Å². The number of aromatic nitrogens is 1. The van der Waals surface area contributed by atoms with Crippen LogP contribution >= 0.6 is 11.3 Å². The molecule has 1 aromatic heterocycles. The topological polar surface area (TPSA) is 263 Å². The number of hydroxylamine groups is 2. The van der Waals surface area contributed by atoms with E-state index in [-0.39, 0.29) is 18.7 Å². The van der Waals surface area contributed by atoms with E-state index in [4.69, 9.17) is 40.2 Å². The van der Waals surface area contributed by atoms with Crippen LogP contribution < -0.4 is 26.8 Å². The average Bonchev–Trinajstić information content (AvgIpc) is 3.78. The van der Waals surface area contributed by atoms with Gasteiger partial charge in [0.2, 0.25) is 6.41 Å². The highest BCUT2D eigenvalue weighted by Gasteiger charge is 2.56. The fraction of sp³-hybridized carbons (Fsp3) is 0.533. The van der Waals surface area contributed by atoms with Crippen molar-refractivity contribution in [2.24, 2.45) is 15.9 Å². The number of rotatable bonds is 13. The van der Waals surface area contributed by atoms with E-state index in [1.54, 1.807) is 13.8 Å². The van der Waals surface area contributed by atoms with Crippen LogP contribution in [0.3, 0.4) is 0 Å². The Bertz CT molecular complexity index is 1530. The van der Waals surface area contributed by atoms with E-state index in [1.165, 1.54) is 11.3 Å². The van der Waals surface area contributed by atoms with E-state index in [2.05, 4.69) is 36.1 Å². The van der Waals surface area contributed by atoms with Crippen LogP contribution in [0, 0.1) is 0 Å². The van der Waals surface area contributed by atoms with Crippen LogP contribution in [0.15, 0.2) is 33.7 Å². The number of β-lactam (4-membered cyclic amide) rings is 1. The molecule has 0 saturated carbocycles. The zero-order chi connectivity index (χ0) is 36.8. The quantitative estimate of drug-likeness (QED) is 0.0316. The summed E-state index contributed by atoms with van der Waals surface area (Å²) in [5.74, 6) is 0.824. The van der Waals surface area contributed by atoms with Gasteiger partial charge >= 0.3 is 11.4 Å². The number of ether oxygens (including phenoxy) is 2. The Morgan fingerprint density at radius 2 is 2.10 bits per heavy atom. The van der Waals surface area contributed by atoms with Crippen molar-refractivity contribution in [3.8, 4) is 5.75 Å². The first-order valence-electron chi connectivity index (χ1n) is 15.6. The smallest absolute Gasteiger partial charge is 0.325 e. The molecular weight excluding hydrogens is 697 g/mol. The Labute approximate surface area is 296 Å². The van der Waals surface area contributed by atoms with Gasteiger partial charge in [-0.3, -0.25) is 23.9 Å². The van der Waals surface area contributed by atoms with Crippen molar-refractivity contribution in [2.75, 3.05) is 32.0 Å². The number of carbonyl (C=O) groups is 3. The van der Waals surface area contributed by atoms with Gasteiger partial charge in [0.1, 0.15) is 35.1 Å². The number of thiazole rings is 1. The summed E-state index contributed by atoms with van der Waals surface area (Å²) in [4.78, 5) is 44.1. The highest BCUT2D eigenvalue weighted by molar-refractivity contribution is 7.74. The highest BCUT2D eigenvalue weighted by atomic mass is 32.2. The molecule has 20 heteroatoms. The van der Waals surface area contributed by atoms with E-state index < -0.39 is 28.8 Å². The highest BCUT2D eigenvalue weighted by Crippen LogP contribution is 2.32. The molecule has 18 nitrogen and oxygen atoms in total. The summed E-state index contributed by atoms with van der Waals surface area (Å²) < 4.78 is 35.1. The summed E-state index contributed by atoms with van der Waals surface area (Å²) in [6.07, 6.45) is 3.16. The van der Waals surface area contributed by atoms with Crippen molar-refractivity contribution in [3.63, 3.8) is 0 Å². The number of anilines is 1. The SMILES string of the molecule is C/C(=N\OC(C)C1CCc2cc(C(N)=NCCOC3CCNC3)ccc2O1)c1csc(N)n1.CC1(C)C(NC=O)C(=O)N1OS(=O)O.O=CO. The predicted molar refractivity (Wildman–Crippen MR) is 186 cm³/mol. The number of nitrogens with two attached hydrogens (primary N) is 2. The van der Waals surface area contributed by atoms with Crippen LogP contribution in [-0.2, 0) is 46.0 Å². The lowest BCUT2D eigenvalue weighted by Crippen LogP contribution is -2.75. The van der Waals surface area contributed by atoms with Crippen LogP contribution in [-0.4, -0.2) is 110 Å². The van der Waals surface area contributed by atoms with Gasteiger partial charge in [0.15, 0.2) is 11.2 Å². The zero-order valence-electron chi connectivity index (χ0n) is 28.1. The van der Waals surface area contributed by atoms with Crippen molar-refractivity contribution >= 4 is 58.2 Å². The molecule has 8 N–H and O–H groups in total. The number of benzene rings is 1. The maximum absolute atomic E-state index is 11.2. The first kappa shape index (κ1) is 40.2. The van der Waals surface area contributed by atoms with Crippen molar-refractivity contribution in [1.82, 2.24) is 20.7 Å². The Kier molecular flexibility index (Phi) is 15.5. The number of fused-ring (bicyclic) bond motifs is 1. The second kappa shape index (κ2) is 19.3. The Morgan fingerprint density at radius 3 is 2.70 bits per heavy atom. The number of oxime groups is 1. The monoisotopic (exact) mass is 740 g/mol. The van der Waals surface area contributed by atoms with Gasteiger partial charge in [-0.05, 0) is 77.3 Å². The number of aryl methyl sites for hydroxylation is 1. The number of carboxylic acid groups (broad SMARTS) is 1. The summed E-state index contributed by atoms with van der Waals surface area (Å²) in [6.45, 7) is 9.84. The predicted octanol–water partition coefficient (Wildman–Crippen LogP) is 0.823. The van der Waals surface area contributed by atoms with Crippen molar-refractivity contribution < 1.29 is 46.8 Å². The molecule has 5 rings (SSSR count).